The summed E-state index contributed by atoms with van der Waals surface area (Å²) in [5.41, 5.74) is 0.0447. The summed E-state index contributed by atoms with van der Waals surface area (Å²) in [5.74, 6) is 0. The van der Waals surface area contributed by atoms with Crippen LogP contribution in [0.5, 0.6) is 0 Å². The maximum Gasteiger partial charge on any atom is 0.0951 e. The Morgan fingerprint density at radius 3 is 2.55 bits per heavy atom. The lowest BCUT2D eigenvalue weighted by Crippen LogP contribution is -2.54. The van der Waals surface area contributed by atoms with E-state index >= 15 is 0 Å². The van der Waals surface area contributed by atoms with Gasteiger partial charge in [-0.25, -0.2) is 0 Å². The van der Waals surface area contributed by atoms with E-state index in [1.807, 2.05) is 0 Å². The molecule has 1 N–H and O–H groups in total. The van der Waals surface area contributed by atoms with E-state index in [4.69, 9.17) is 9.47 Å². The summed E-state index contributed by atoms with van der Waals surface area (Å²) in [7, 11) is 2.36. The van der Waals surface area contributed by atoms with Gasteiger partial charge in [0, 0.05) is 43.8 Å². The molecule has 4 heteroatoms. The molecule has 4 nitrogen and oxygen atoms in total. The van der Waals surface area contributed by atoms with Crippen LogP contribution in [-0.4, -0.2) is 61.5 Å². The molecule has 4 fully saturated rings. The molecule has 0 aromatic heterocycles. The van der Waals surface area contributed by atoms with Gasteiger partial charge in [-0.15, -0.1) is 0 Å². The minimum absolute atomic E-state index is 0.0447. The average molecular weight is 280 g/mol. The van der Waals surface area contributed by atoms with Crippen molar-refractivity contribution in [2.24, 2.45) is 0 Å². The molecule has 1 spiro atoms. The Labute approximate surface area is 122 Å². The molecule has 0 radical (unpaired) electrons. The van der Waals surface area contributed by atoms with E-state index in [0.717, 1.165) is 44.4 Å². The monoisotopic (exact) mass is 280 g/mol. The van der Waals surface area contributed by atoms with Gasteiger partial charge in [0.2, 0.25) is 0 Å². The third-order valence-electron chi connectivity index (χ3n) is 6.13. The molecule has 4 aliphatic rings. The van der Waals surface area contributed by atoms with Crippen LogP contribution in [0, 0.1) is 0 Å². The van der Waals surface area contributed by atoms with Gasteiger partial charge in [-0.2, -0.15) is 0 Å². The molecular formula is C16H28N2O2. The fraction of sp³-hybridized carbons (Fsp3) is 1.00. The fourth-order valence-electron chi connectivity index (χ4n) is 4.87. The summed E-state index contributed by atoms with van der Waals surface area (Å²) in [6.07, 6.45) is 8.91. The zero-order chi connectivity index (χ0) is 13.6. The van der Waals surface area contributed by atoms with Crippen molar-refractivity contribution in [2.75, 3.05) is 26.9 Å². The topological polar surface area (TPSA) is 33.7 Å². The largest absolute Gasteiger partial charge is 0.378 e. The summed E-state index contributed by atoms with van der Waals surface area (Å²) < 4.78 is 11.7. The van der Waals surface area contributed by atoms with Gasteiger partial charge in [0.1, 0.15) is 0 Å². The average Bonchev–Trinajstić information content (AvgIpc) is 3.05. The van der Waals surface area contributed by atoms with E-state index in [0.29, 0.717) is 6.04 Å². The van der Waals surface area contributed by atoms with E-state index in [2.05, 4.69) is 17.3 Å². The fourth-order valence-corrected chi connectivity index (χ4v) is 4.87. The second-order valence-electron chi connectivity index (χ2n) is 7.41. The summed E-state index contributed by atoms with van der Waals surface area (Å²) in [4.78, 5) is 2.69. The third kappa shape index (κ3) is 2.41. The first-order valence-corrected chi connectivity index (χ1v) is 8.44. The molecule has 20 heavy (non-hydrogen) atoms. The SMILES string of the molecule is CN(C1CC2CCC(C1)N2)C1CCOC2(CCOC2)C1. The Balaban J connectivity index is 1.41. The van der Waals surface area contributed by atoms with Crippen molar-refractivity contribution in [3.8, 4) is 0 Å². The van der Waals surface area contributed by atoms with Gasteiger partial charge in [0.05, 0.1) is 12.2 Å². The van der Waals surface area contributed by atoms with E-state index in [1.165, 1.54) is 38.5 Å². The minimum Gasteiger partial charge on any atom is -0.378 e. The van der Waals surface area contributed by atoms with Crippen LogP contribution >= 0.6 is 0 Å². The number of ether oxygens (including phenoxy) is 2. The van der Waals surface area contributed by atoms with E-state index in [1.54, 1.807) is 0 Å². The molecule has 2 bridgehead atoms. The Morgan fingerprint density at radius 1 is 1.05 bits per heavy atom. The zero-order valence-electron chi connectivity index (χ0n) is 12.6. The van der Waals surface area contributed by atoms with Gasteiger partial charge in [0.15, 0.2) is 0 Å². The van der Waals surface area contributed by atoms with Crippen LogP contribution in [0.3, 0.4) is 0 Å². The molecule has 4 saturated heterocycles. The first-order chi connectivity index (χ1) is 9.74. The number of hydrogen-bond acceptors (Lipinski definition) is 4. The number of nitrogens with one attached hydrogen (secondary N) is 1. The Morgan fingerprint density at radius 2 is 1.85 bits per heavy atom. The van der Waals surface area contributed by atoms with Crippen LogP contribution in [-0.2, 0) is 9.47 Å². The van der Waals surface area contributed by atoms with Crippen molar-refractivity contribution < 1.29 is 9.47 Å². The lowest BCUT2D eigenvalue weighted by Gasteiger charge is -2.45. The van der Waals surface area contributed by atoms with Gasteiger partial charge < -0.3 is 19.7 Å². The highest BCUT2D eigenvalue weighted by Gasteiger charge is 2.44. The van der Waals surface area contributed by atoms with Crippen molar-refractivity contribution >= 4 is 0 Å². The standard InChI is InChI=1S/C16H28N2O2/c1-18(15-8-12-2-3-13(9-15)17-12)14-4-6-20-16(10-14)5-7-19-11-16/h12-15,17H,2-11H2,1H3. The normalized spacial score (nSPS) is 48.3. The molecule has 4 atom stereocenters. The van der Waals surface area contributed by atoms with Crippen molar-refractivity contribution in [3.63, 3.8) is 0 Å². The molecule has 4 rings (SSSR count). The molecule has 0 aromatic rings. The molecular weight excluding hydrogens is 252 g/mol. The molecule has 0 saturated carbocycles. The summed E-state index contributed by atoms with van der Waals surface area (Å²) in [6.45, 7) is 2.61. The number of fused-ring (bicyclic) bond motifs is 2. The second-order valence-corrected chi connectivity index (χ2v) is 7.41. The molecule has 114 valence electrons. The molecule has 4 unspecified atom stereocenters. The van der Waals surface area contributed by atoms with Gasteiger partial charge in [-0.1, -0.05) is 0 Å². The van der Waals surface area contributed by atoms with Crippen molar-refractivity contribution in [1.82, 2.24) is 10.2 Å². The van der Waals surface area contributed by atoms with Crippen molar-refractivity contribution in [3.05, 3.63) is 0 Å². The van der Waals surface area contributed by atoms with E-state index < -0.39 is 0 Å². The van der Waals surface area contributed by atoms with Crippen LogP contribution in [0.15, 0.2) is 0 Å². The lowest BCUT2D eigenvalue weighted by molar-refractivity contribution is -0.109. The first kappa shape index (κ1) is 13.5. The molecule has 0 aliphatic carbocycles. The second kappa shape index (κ2) is 5.24. The Hall–Kier alpha value is -0.160. The molecule has 4 aliphatic heterocycles. The van der Waals surface area contributed by atoms with Crippen LogP contribution in [0.25, 0.3) is 0 Å². The highest BCUT2D eigenvalue weighted by Crippen LogP contribution is 2.37. The quantitative estimate of drug-likeness (QED) is 0.832. The van der Waals surface area contributed by atoms with Gasteiger partial charge in [-0.3, -0.25) is 0 Å². The number of piperidine rings is 1. The molecule has 4 heterocycles. The van der Waals surface area contributed by atoms with Crippen LogP contribution in [0.2, 0.25) is 0 Å². The first-order valence-electron chi connectivity index (χ1n) is 8.44. The maximum atomic E-state index is 6.08. The van der Waals surface area contributed by atoms with Crippen molar-refractivity contribution in [1.29, 1.82) is 0 Å². The Bertz CT molecular complexity index is 344. The van der Waals surface area contributed by atoms with E-state index in [-0.39, 0.29) is 5.60 Å². The zero-order valence-corrected chi connectivity index (χ0v) is 12.6. The highest BCUT2D eigenvalue weighted by atomic mass is 16.6. The van der Waals surface area contributed by atoms with Crippen LogP contribution in [0.1, 0.15) is 44.9 Å². The summed E-state index contributed by atoms with van der Waals surface area (Å²) in [6, 6.07) is 3.03. The molecule has 0 aromatic carbocycles. The maximum absolute atomic E-state index is 6.08. The number of rotatable bonds is 2. The number of hydrogen-bond donors (Lipinski definition) is 1. The smallest absolute Gasteiger partial charge is 0.0951 e. The van der Waals surface area contributed by atoms with Gasteiger partial charge in [-0.05, 0) is 45.6 Å². The van der Waals surface area contributed by atoms with Crippen molar-refractivity contribution in [2.45, 2.75) is 74.7 Å². The summed E-state index contributed by atoms with van der Waals surface area (Å²) >= 11 is 0. The third-order valence-corrected chi connectivity index (χ3v) is 6.13. The predicted octanol–water partition coefficient (Wildman–Crippen LogP) is 1.54. The van der Waals surface area contributed by atoms with Crippen LogP contribution in [0.4, 0.5) is 0 Å². The number of nitrogens with zero attached hydrogens (tertiary/aromatic N) is 1. The predicted molar refractivity (Wildman–Crippen MR) is 77.9 cm³/mol. The van der Waals surface area contributed by atoms with Gasteiger partial charge in [0.25, 0.3) is 0 Å². The van der Waals surface area contributed by atoms with E-state index in [9.17, 15) is 0 Å². The molecule has 0 amide bonds. The highest BCUT2D eigenvalue weighted by molar-refractivity contribution is 4.99. The lowest BCUT2D eigenvalue weighted by atomic mass is 9.87. The Kier molecular flexibility index (Phi) is 3.53. The van der Waals surface area contributed by atoms with Crippen LogP contribution < -0.4 is 5.32 Å². The van der Waals surface area contributed by atoms with Gasteiger partial charge >= 0.3 is 0 Å². The minimum atomic E-state index is 0.0447. The summed E-state index contributed by atoms with van der Waals surface area (Å²) in [5, 5.41) is 3.76.